The molecule has 0 spiro atoms. The molecule has 0 radical (unpaired) electrons. The molecule has 0 saturated carbocycles. The standard InChI is InChI=1S/C11H12F3N/c12-10-2-1-7(5-9(10)11(13)14)8-3-4-15-6-8/h1-2,5,8,11,15H,3-4,6H2. The SMILES string of the molecule is Fc1ccc(C2CCNC2)cc1C(F)F. The molecule has 1 nitrogen and oxygen atoms in total. The van der Waals surface area contributed by atoms with E-state index in [4.69, 9.17) is 0 Å². The largest absolute Gasteiger partial charge is 0.316 e. The third kappa shape index (κ3) is 2.15. The van der Waals surface area contributed by atoms with Crippen LogP contribution in [-0.2, 0) is 0 Å². The zero-order chi connectivity index (χ0) is 10.8. The summed E-state index contributed by atoms with van der Waals surface area (Å²) < 4.78 is 37.9. The average molecular weight is 215 g/mol. The van der Waals surface area contributed by atoms with Crippen molar-refractivity contribution in [1.82, 2.24) is 5.32 Å². The minimum atomic E-state index is -2.74. The Balaban J connectivity index is 2.29. The summed E-state index contributed by atoms with van der Waals surface area (Å²) in [5, 5.41) is 3.15. The molecular formula is C11H12F3N. The molecule has 1 unspecified atom stereocenters. The average Bonchev–Trinajstić information content (AvgIpc) is 2.71. The molecule has 4 heteroatoms. The lowest BCUT2D eigenvalue weighted by Gasteiger charge is -2.11. The van der Waals surface area contributed by atoms with Gasteiger partial charge in [-0.25, -0.2) is 13.2 Å². The van der Waals surface area contributed by atoms with E-state index in [1.54, 1.807) is 6.07 Å². The number of alkyl halides is 2. The quantitative estimate of drug-likeness (QED) is 0.799. The van der Waals surface area contributed by atoms with Crippen LogP contribution in [0.3, 0.4) is 0 Å². The maximum absolute atomic E-state index is 13.0. The van der Waals surface area contributed by atoms with Crippen molar-refractivity contribution in [1.29, 1.82) is 0 Å². The van der Waals surface area contributed by atoms with E-state index in [0.29, 0.717) is 0 Å². The molecule has 15 heavy (non-hydrogen) atoms. The third-order valence-corrected chi connectivity index (χ3v) is 2.79. The van der Waals surface area contributed by atoms with Crippen LogP contribution in [0.1, 0.15) is 29.9 Å². The molecular weight excluding hydrogens is 203 g/mol. The number of nitrogens with one attached hydrogen (secondary N) is 1. The molecule has 0 aromatic heterocycles. The van der Waals surface area contributed by atoms with Crippen LogP contribution in [0, 0.1) is 5.82 Å². The van der Waals surface area contributed by atoms with Crippen LogP contribution in [0.5, 0.6) is 0 Å². The smallest absolute Gasteiger partial charge is 0.266 e. The number of halogens is 3. The van der Waals surface area contributed by atoms with Crippen LogP contribution in [0.4, 0.5) is 13.2 Å². The van der Waals surface area contributed by atoms with E-state index in [9.17, 15) is 13.2 Å². The van der Waals surface area contributed by atoms with Gasteiger partial charge in [-0.3, -0.25) is 0 Å². The zero-order valence-electron chi connectivity index (χ0n) is 8.14. The predicted molar refractivity (Wildman–Crippen MR) is 51.6 cm³/mol. The van der Waals surface area contributed by atoms with Gasteiger partial charge in [0.05, 0.1) is 5.56 Å². The highest BCUT2D eigenvalue weighted by Crippen LogP contribution is 2.28. The van der Waals surface area contributed by atoms with Gasteiger partial charge >= 0.3 is 0 Å². The van der Waals surface area contributed by atoms with Crippen molar-refractivity contribution in [2.45, 2.75) is 18.8 Å². The normalized spacial score (nSPS) is 21.2. The van der Waals surface area contributed by atoms with Crippen molar-refractivity contribution in [3.8, 4) is 0 Å². The highest BCUT2D eigenvalue weighted by Gasteiger charge is 2.20. The zero-order valence-corrected chi connectivity index (χ0v) is 8.14. The van der Waals surface area contributed by atoms with Gasteiger partial charge in [0.25, 0.3) is 6.43 Å². The van der Waals surface area contributed by atoms with Crippen LogP contribution < -0.4 is 5.32 Å². The Morgan fingerprint density at radius 2 is 2.13 bits per heavy atom. The van der Waals surface area contributed by atoms with E-state index in [0.717, 1.165) is 31.1 Å². The number of rotatable bonds is 2. The number of hydrogen-bond donors (Lipinski definition) is 1. The lowest BCUT2D eigenvalue weighted by atomic mass is 9.96. The van der Waals surface area contributed by atoms with Crippen molar-refractivity contribution >= 4 is 0 Å². The second kappa shape index (κ2) is 4.23. The molecule has 1 fully saturated rings. The molecule has 1 aliphatic rings. The van der Waals surface area contributed by atoms with Gasteiger partial charge in [-0.2, -0.15) is 0 Å². The Morgan fingerprint density at radius 3 is 2.73 bits per heavy atom. The van der Waals surface area contributed by atoms with Gasteiger partial charge in [-0.1, -0.05) is 6.07 Å². The molecule has 0 amide bonds. The summed E-state index contributed by atoms with van der Waals surface area (Å²) in [6.07, 6.45) is -1.81. The topological polar surface area (TPSA) is 12.0 Å². The first-order chi connectivity index (χ1) is 7.18. The van der Waals surface area contributed by atoms with E-state index in [-0.39, 0.29) is 5.92 Å². The lowest BCUT2D eigenvalue weighted by molar-refractivity contribution is 0.146. The first-order valence-corrected chi connectivity index (χ1v) is 4.96. The minimum absolute atomic E-state index is 0.239. The van der Waals surface area contributed by atoms with E-state index in [2.05, 4.69) is 5.32 Å². The summed E-state index contributed by atoms with van der Waals surface area (Å²) >= 11 is 0. The molecule has 82 valence electrons. The molecule has 1 heterocycles. The highest BCUT2D eigenvalue weighted by molar-refractivity contribution is 5.29. The summed E-state index contributed by atoms with van der Waals surface area (Å²) in [5.41, 5.74) is 0.316. The maximum Gasteiger partial charge on any atom is 0.266 e. The molecule has 1 aromatic rings. The second-order valence-corrected chi connectivity index (χ2v) is 3.77. The maximum atomic E-state index is 13.0. The van der Waals surface area contributed by atoms with E-state index in [1.807, 2.05) is 0 Å². The fourth-order valence-corrected chi connectivity index (χ4v) is 1.92. The van der Waals surface area contributed by atoms with Crippen LogP contribution >= 0.6 is 0 Å². The highest BCUT2D eigenvalue weighted by atomic mass is 19.3. The summed E-state index contributed by atoms with van der Waals surface area (Å²) in [6.45, 7) is 1.68. The van der Waals surface area contributed by atoms with Crippen LogP contribution in [-0.4, -0.2) is 13.1 Å². The van der Waals surface area contributed by atoms with Crippen molar-refractivity contribution in [2.75, 3.05) is 13.1 Å². The van der Waals surface area contributed by atoms with Gasteiger partial charge in [0, 0.05) is 6.54 Å². The fraction of sp³-hybridized carbons (Fsp3) is 0.455. The first kappa shape index (κ1) is 10.5. The predicted octanol–water partition coefficient (Wildman–Crippen LogP) is 2.84. The Kier molecular flexibility index (Phi) is 2.95. The van der Waals surface area contributed by atoms with Crippen LogP contribution in [0.2, 0.25) is 0 Å². The molecule has 1 saturated heterocycles. The van der Waals surface area contributed by atoms with Gasteiger partial charge in [0.1, 0.15) is 5.82 Å². The number of benzene rings is 1. The summed E-state index contributed by atoms with van der Waals surface area (Å²) in [7, 11) is 0. The Morgan fingerprint density at radius 1 is 1.33 bits per heavy atom. The summed E-state index contributed by atoms with van der Waals surface area (Å²) in [6, 6.07) is 4.02. The van der Waals surface area contributed by atoms with Crippen molar-refractivity contribution < 1.29 is 13.2 Å². The lowest BCUT2D eigenvalue weighted by Crippen LogP contribution is -2.08. The van der Waals surface area contributed by atoms with Gasteiger partial charge < -0.3 is 5.32 Å². The second-order valence-electron chi connectivity index (χ2n) is 3.77. The third-order valence-electron chi connectivity index (χ3n) is 2.79. The molecule has 0 aliphatic carbocycles. The van der Waals surface area contributed by atoms with Gasteiger partial charge in [0.2, 0.25) is 0 Å². The van der Waals surface area contributed by atoms with Crippen LogP contribution in [0.15, 0.2) is 18.2 Å². The molecule has 1 aromatic carbocycles. The first-order valence-electron chi connectivity index (χ1n) is 4.96. The van der Waals surface area contributed by atoms with Crippen molar-refractivity contribution in [3.05, 3.63) is 35.1 Å². The number of hydrogen-bond acceptors (Lipinski definition) is 1. The Labute approximate surface area is 86.3 Å². The Hall–Kier alpha value is -1.03. The molecule has 1 atom stereocenters. The summed E-state index contributed by atoms with van der Waals surface area (Å²) in [5.74, 6) is -0.581. The van der Waals surface area contributed by atoms with Crippen molar-refractivity contribution in [3.63, 3.8) is 0 Å². The minimum Gasteiger partial charge on any atom is -0.316 e. The summed E-state index contributed by atoms with van der Waals surface area (Å²) in [4.78, 5) is 0. The van der Waals surface area contributed by atoms with Gasteiger partial charge in [-0.15, -0.1) is 0 Å². The molecule has 1 N–H and O–H groups in total. The monoisotopic (exact) mass is 215 g/mol. The van der Waals surface area contributed by atoms with E-state index in [1.165, 1.54) is 6.07 Å². The molecule has 0 bridgehead atoms. The van der Waals surface area contributed by atoms with E-state index < -0.39 is 17.8 Å². The molecule has 2 rings (SSSR count). The Bertz CT molecular complexity index is 346. The van der Waals surface area contributed by atoms with E-state index >= 15 is 0 Å². The molecule has 1 aliphatic heterocycles. The van der Waals surface area contributed by atoms with Gasteiger partial charge in [-0.05, 0) is 36.6 Å². The van der Waals surface area contributed by atoms with Crippen LogP contribution in [0.25, 0.3) is 0 Å². The van der Waals surface area contributed by atoms with Crippen molar-refractivity contribution in [2.24, 2.45) is 0 Å². The van der Waals surface area contributed by atoms with Gasteiger partial charge in [0.15, 0.2) is 0 Å². The fourth-order valence-electron chi connectivity index (χ4n) is 1.92.